The standard InChI is InChI=1S/C16H16N2OS2/c19-16(14-11-20-9-10-21-14)18-15-13(7-4-8-17-15)12-5-2-1-3-6-12/h1-8,14H,9-11H2,(H,17,18,19)/t14-/m0/s1. The number of rotatable bonds is 3. The molecule has 1 aromatic heterocycles. The Kier molecular flexibility index (Phi) is 4.83. The molecule has 3 rings (SSSR count). The van der Waals surface area contributed by atoms with E-state index in [0.29, 0.717) is 5.82 Å². The van der Waals surface area contributed by atoms with Crippen LogP contribution in [0.4, 0.5) is 5.82 Å². The van der Waals surface area contributed by atoms with E-state index in [0.717, 1.165) is 28.4 Å². The number of nitrogens with one attached hydrogen (secondary N) is 1. The first-order valence-electron chi connectivity index (χ1n) is 6.85. The number of amides is 1. The van der Waals surface area contributed by atoms with Gasteiger partial charge in [-0.3, -0.25) is 4.79 Å². The van der Waals surface area contributed by atoms with Crippen molar-refractivity contribution in [3.05, 3.63) is 48.7 Å². The Hall–Kier alpha value is -1.46. The lowest BCUT2D eigenvalue weighted by molar-refractivity contribution is -0.115. The molecule has 0 radical (unpaired) electrons. The molecule has 1 amide bonds. The Morgan fingerprint density at radius 3 is 2.76 bits per heavy atom. The highest BCUT2D eigenvalue weighted by atomic mass is 32.2. The van der Waals surface area contributed by atoms with Crippen molar-refractivity contribution in [2.75, 3.05) is 22.6 Å². The Balaban J connectivity index is 1.81. The number of hydrogen-bond donors (Lipinski definition) is 1. The molecular formula is C16H16N2OS2. The van der Waals surface area contributed by atoms with E-state index >= 15 is 0 Å². The van der Waals surface area contributed by atoms with E-state index in [4.69, 9.17) is 0 Å². The van der Waals surface area contributed by atoms with E-state index in [1.54, 1.807) is 18.0 Å². The lowest BCUT2D eigenvalue weighted by Gasteiger charge is -2.20. The smallest absolute Gasteiger partial charge is 0.239 e. The van der Waals surface area contributed by atoms with Gasteiger partial charge in [0.15, 0.2) is 0 Å². The monoisotopic (exact) mass is 316 g/mol. The number of hydrogen-bond acceptors (Lipinski definition) is 4. The molecule has 3 nitrogen and oxygen atoms in total. The quantitative estimate of drug-likeness (QED) is 0.940. The summed E-state index contributed by atoms with van der Waals surface area (Å²) in [5, 5.41) is 3.02. The van der Waals surface area contributed by atoms with Crippen LogP contribution >= 0.6 is 23.5 Å². The minimum atomic E-state index is 0.0226. The second kappa shape index (κ2) is 7.00. The number of pyridine rings is 1. The molecule has 0 saturated carbocycles. The fourth-order valence-electron chi connectivity index (χ4n) is 2.19. The van der Waals surface area contributed by atoms with Crippen LogP contribution in [0.3, 0.4) is 0 Å². The van der Waals surface area contributed by atoms with Crippen molar-refractivity contribution in [1.29, 1.82) is 0 Å². The molecule has 0 unspecified atom stereocenters. The zero-order valence-electron chi connectivity index (χ0n) is 11.5. The first-order valence-corrected chi connectivity index (χ1v) is 9.05. The maximum absolute atomic E-state index is 12.4. The van der Waals surface area contributed by atoms with Crippen LogP contribution in [0.5, 0.6) is 0 Å². The van der Waals surface area contributed by atoms with Crippen molar-refractivity contribution in [2.24, 2.45) is 0 Å². The summed E-state index contributed by atoms with van der Waals surface area (Å²) in [6.45, 7) is 0. The molecule has 2 aromatic rings. The topological polar surface area (TPSA) is 42.0 Å². The number of nitrogens with zero attached hydrogens (tertiary/aromatic N) is 1. The minimum absolute atomic E-state index is 0.0226. The van der Waals surface area contributed by atoms with Crippen molar-refractivity contribution in [1.82, 2.24) is 4.98 Å². The molecule has 108 valence electrons. The van der Waals surface area contributed by atoms with Gasteiger partial charge in [-0.1, -0.05) is 30.3 Å². The van der Waals surface area contributed by atoms with Gasteiger partial charge in [-0.15, -0.1) is 11.8 Å². The van der Waals surface area contributed by atoms with Gasteiger partial charge in [-0.05, 0) is 17.7 Å². The number of benzene rings is 1. The molecule has 1 atom stereocenters. The number of anilines is 1. The molecule has 1 fully saturated rings. The molecule has 1 aliphatic rings. The van der Waals surface area contributed by atoms with Crippen LogP contribution in [-0.2, 0) is 4.79 Å². The molecule has 1 aromatic carbocycles. The van der Waals surface area contributed by atoms with Crippen LogP contribution < -0.4 is 5.32 Å². The molecule has 1 aliphatic heterocycles. The molecule has 0 aliphatic carbocycles. The zero-order chi connectivity index (χ0) is 14.5. The van der Waals surface area contributed by atoms with Crippen LogP contribution in [0.25, 0.3) is 11.1 Å². The fourth-order valence-corrected chi connectivity index (χ4v) is 4.75. The van der Waals surface area contributed by atoms with E-state index in [1.165, 1.54) is 0 Å². The van der Waals surface area contributed by atoms with E-state index in [-0.39, 0.29) is 11.2 Å². The Bertz CT molecular complexity index is 613. The first-order chi connectivity index (χ1) is 10.3. The van der Waals surface area contributed by atoms with Crippen molar-refractivity contribution in [3.8, 4) is 11.1 Å². The third-order valence-corrected chi connectivity index (χ3v) is 6.00. The molecule has 5 heteroatoms. The SMILES string of the molecule is O=C(Nc1ncccc1-c1ccccc1)[C@@H]1CSCCS1. The van der Waals surface area contributed by atoms with Crippen molar-refractivity contribution < 1.29 is 4.79 Å². The predicted octanol–water partition coefficient (Wildman–Crippen LogP) is 3.54. The number of carbonyl (C=O) groups excluding carboxylic acids is 1. The van der Waals surface area contributed by atoms with Gasteiger partial charge in [-0.25, -0.2) is 4.98 Å². The molecule has 2 heterocycles. The molecular weight excluding hydrogens is 300 g/mol. The lowest BCUT2D eigenvalue weighted by Crippen LogP contribution is -2.30. The van der Waals surface area contributed by atoms with Gasteiger partial charge in [0.25, 0.3) is 0 Å². The van der Waals surface area contributed by atoms with E-state index in [2.05, 4.69) is 10.3 Å². The summed E-state index contributed by atoms with van der Waals surface area (Å²) in [5.41, 5.74) is 2.02. The highest BCUT2D eigenvalue weighted by Gasteiger charge is 2.23. The summed E-state index contributed by atoms with van der Waals surface area (Å²) < 4.78 is 0. The lowest BCUT2D eigenvalue weighted by atomic mass is 10.1. The largest absolute Gasteiger partial charge is 0.309 e. The Morgan fingerprint density at radius 2 is 2.00 bits per heavy atom. The van der Waals surface area contributed by atoms with Crippen LogP contribution in [0.1, 0.15) is 0 Å². The maximum Gasteiger partial charge on any atom is 0.239 e. The third-order valence-electron chi connectivity index (χ3n) is 3.24. The highest BCUT2D eigenvalue weighted by molar-refractivity contribution is 8.07. The zero-order valence-corrected chi connectivity index (χ0v) is 13.1. The average Bonchev–Trinajstić information content (AvgIpc) is 2.57. The van der Waals surface area contributed by atoms with E-state index in [9.17, 15) is 4.79 Å². The summed E-state index contributed by atoms with van der Waals surface area (Å²) >= 11 is 3.57. The number of carbonyl (C=O) groups is 1. The summed E-state index contributed by atoms with van der Waals surface area (Å²) in [4.78, 5) is 16.7. The molecule has 21 heavy (non-hydrogen) atoms. The Morgan fingerprint density at radius 1 is 1.14 bits per heavy atom. The van der Waals surface area contributed by atoms with Gasteiger partial charge in [0, 0.05) is 29.0 Å². The Labute approximate surface area is 132 Å². The van der Waals surface area contributed by atoms with Crippen molar-refractivity contribution >= 4 is 35.2 Å². The third kappa shape index (κ3) is 3.60. The van der Waals surface area contributed by atoms with Gasteiger partial charge in [0.2, 0.25) is 5.91 Å². The molecule has 0 spiro atoms. The molecule has 1 N–H and O–H groups in total. The first kappa shape index (κ1) is 14.5. The van der Waals surface area contributed by atoms with Crippen LogP contribution in [0.2, 0.25) is 0 Å². The summed E-state index contributed by atoms with van der Waals surface area (Å²) in [7, 11) is 0. The molecule has 1 saturated heterocycles. The highest BCUT2D eigenvalue weighted by Crippen LogP contribution is 2.28. The summed E-state index contributed by atoms with van der Waals surface area (Å²) in [5.74, 6) is 3.75. The maximum atomic E-state index is 12.4. The van der Waals surface area contributed by atoms with Gasteiger partial charge in [0.05, 0.1) is 5.25 Å². The van der Waals surface area contributed by atoms with E-state index < -0.39 is 0 Å². The van der Waals surface area contributed by atoms with Crippen LogP contribution in [0.15, 0.2) is 48.7 Å². The normalized spacial score (nSPS) is 18.2. The van der Waals surface area contributed by atoms with E-state index in [1.807, 2.05) is 54.2 Å². The minimum Gasteiger partial charge on any atom is -0.309 e. The van der Waals surface area contributed by atoms with Gasteiger partial charge in [0.1, 0.15) is 5.82 Å². The predicted molar refractivity (Wildman–Crippen MR) is 91.9 cm³/mol. The van der Waals surface area contributed by atoms with Gasteiger partial charge in [-0.2, -0.15) is 11.8 Å². The fraction of sp³-hybridized carbons (Fsp3) is 0.250. The van der Waals surface area contributed by atoms with Crippen molar-refractivity contribution in [3.63, 3.8) is 0 Å². The average molecular weight is 316 g/mol. The summed E-state index contributed by atoms with van der Waals surface area (Å²) in [6.07, 6.45) is 1.71. The van der Waals surface area contributed by atoms with Gasteiger partial charge < -0.3 is 5.32 Å². The van der Waals surface area contributed by atoms with Gasteiger partial charge >= 0.3 is 0 Å². The second-order valence-electron chi connectivity index (χ2n) is 4.69. The van der Waals surface area contributed by atoms with Crippen LogP contribution in [0, 0.1) is 0 Å². The molecule has 0 bridgehead atoms. The number of aromatic nitrogens is 1. The van der Waals surface area contributed by atoms with Crippen molar-refractivity contribution in [2.45, 2.75) is 5.25 Å². The van der Waals surface area contributed by atoms with Crippen LogP contribution in [-0.4, -0.2) is 33.4 Å². The second-order valence-corrected chi connectivity index (χ2v) is 7.15. The number of thioether (sulfide) groups is 2. The summed E-state index contributed by atoms with van der Waals surface area (Å²) in [6, 6.07) is 13.9.